The average molecular weight is 626 g/mol. The predicted molar refractivity (Wildman–Crippen MR) is 185 cm³/mol. The first-order valence-electron chi connectivity index (χ1n) is 16.9. The van der Waals surface area contributed by atoms with Crippen LogP contribution in [0, 0.1) is 6.92 Å². The summed E-state index contributed by atoms with van der Waals surface area (Å²) in [5.74, 6) is 0.754. The quantitative estimate of drug-likeness (QED) is 0.349. The third kappa shape index (κ3) is 9.41. The number of para-hydroxylation sites is 2. The number of carbonyl (C=O) groups excluding carboxylic acids is 2. The van der Waals surface area contributed by atoms with Gasteiger partial charge in [0.15, 0.2) is 6.61 Å². The Morgan fingerprint density at radius 2 is 1.39 bits per heavy atom. The number of carbonyl (C=O) groups is 2. The van der Waals surface area contributed by atoms with Crippen molar-refractivity contribution in [2.45, 2.75) is 52.7 Å². The molecule has 0 saturated carbocycles. The summed E-state index contributed by atoms with van der Waals surface area (Å²) < 4.78 is 5.94. The topological polar surface area (TPSA) is 59.6 Å². The second kappa shape index (κ2) is 16.7. The van der Waals surface area contributed by atoms with Crippen molar-refractivity contribution in [1.29, 1.82) is 0 Å². The van der Waals surface area contributed by atoms with Gasteiger partial charge in [0, 0.05) is 71.5 Å². The Balaban J connectivity index is 1.38. The summed E-state index contributed by atoms with van der Waals surface area (Å²) in [6.45, 7) is 15.0. The van der Waals surface area contributed by atoms with Gasteiger partial charge >= 0.3 is 0 Å². The van der Waals surface area contributed by atoms with Gasteiger partial charge in [0.05, 0.1) is 12.2 Å². The summed E-state index contributed by atoms with van der Waals surface area (Å²) in [5.41, 5.74) is 4.21. The smallest absolute Gasteiger partial charge is 0.264 e. The molecule has 2 aliphatic rings. The fourth-order valence-corrected chi connectivity index (χ4v) is 6.61. The second-order valence-electron chi connectivity index (χ2n) is 12.9. The lowest BCUT2D eigenvalue weighted by atomic mass is 10.0. The molecular weight excluding hydrogens is 574 g/mol. The van der Waals surface area contributed by atoms with Crippen LogP contribution in [0.3, 0.4) is 0 Å². The predicted octanol–water partition coefficient (Wildman–Crippen LogP) is 5.06. The minimum Gasteiger partial charge on any atom is -0.484 e. The monoisotopic (exact) mass is 625 g/mol. The zero-order valence-corrected chi connectivity index (χ0v) is 27.9. The number of nitrogens with zero attached hydrogens (tertiary/aromatic N) is 5. The first-order valence-corrected chi connectivity index (χ1v) is 16.9. The van der Waals surface area contributed by atoms with Crippen molar-refractivity contribution in [3.8, 4) is 5.75 Å². The minimum atomic E-state index is -0.0769. The average Bonchev–Trinajstić information content (AvgIpc) is 3.06. The number of hydrogen-bond acceptors (Lipinski definition) is 6. The maximum Gasteiger partial charge on any atom is 0.264 e. The van der Waals surface area contributed by atoms with Crippen molar-refractivity contribution in [3.63, 3.8) is 0 Å². The van der Waals surface area contributed by atoms with E-state index in [0.29, 0.717) is 38.0 Å². The molecule has 8 nitrogen and oxygen atoms in total. The van der Waals surface area contributed by atoms with Crippen LogP contribution in [0.15, 0.2) is 78.9 Å². The molecule has 0 aromatic heterocycles. The largest absolute Gasteiger partial charge is 0.484 e. The summed E-state index contributed by atoms with van der Waals surface area (Å²) >= 11 is 0. The molecule has 0 N–H and O–H groups in total. The number of aryl methyl sites for hydroxylation is 1. The lowest BCUT2D eigenvalue weighted by Crippen LogP contribution is -2.51. The molecule has 0 unspecified atom stereocenters. The molecule has 2 heterocycles. The Bertz CT molecular complexity index is 1390. The molecule has 0 radical (unpaired) electrons. The number of hydrogen-bond donors (Lipinski definition) is 0. The first kappa shape index (κ1) is 33.6. The first-order chi connectivity index (χ1) is 22.4. The summed E-state index contributed by atoms with van der Waals surface area (Å²) in [7, 11) is 0. The van der Waals surface area contributed by atoms with Gasteiger partial charge in [-0.05, 0) is 62.4 Å². The van der Waals surface area contributed by atoms with Crippen LogP contribution < -0.4 is 9.64 Å². The lowest BCUT2D eigenvalue weighted by Gasteiger charge is -2.37. The van der Waals surface area contributed by atoms with Gasteiger partial charge in [0.1, 0.15) is 5.75 Å². The summed E-state index contributed by atoms with van der Waals surface area (Å²) in [6, 6.07) is 26.8. The molecule has 2 aliphatic heterocycles. The fraction of sp³-hybridized carbons (Fsp3) is 0.474. The Hall–Kier alpha value is -3.72. The summed E-state index contributed by atoms with van der Waals surface area (Å²) in [6.07, 6.45) is 1.73. The molecule has 3 aromatic rings. The molecule has 246 valence electrons. The van der Waals surface area contributed by atoms with Crippen molar-refractivity contribution < 1.29 is 14.3 Å². The normalized spacial score (nSPS) is 17.7. The standard InChI is InChI=1S/C38H51N5O3/c1-31(2)41-25-23-40(24-26-41)29-36(44)42-21-11-19-39(27-33-14-6-4-7-15-33)20-12-22-43(38-32(3)13-10-16-34(38)28-42)37(45)30-46-35-17-8-5-9-18-35/h4-10,13-18,31H,11-12,19-30H2,1-3H3. The fourth-order valence-electron chi connectivity index (χ4n) is 6.61. The van der Waals surface area contributed by atoms with E-state index in [1.165, 1.54) is 5.56 Å². The maximum atomic E-state index is 14.0. The Morgan fingerprint density at radius 1 is 0.717 bits per heavy atom. The van der Waals surface area contributed by atoms with Gasteiger partial charge in [-0.2, -0.15) is 0 Å². The van der Waals surface area contributed by atoms with Gasteiger partial charge in [-0.1, -0.05) is 66.7 Å². The Labute approximate surface area is 275 Å². The Morgan fingerprint density at radius 3 is 2.09 bits per heavy atom. The van der Waals surface area contributed by atoms with Crippen molar-refractivity contribution in [2.75, 3.05) is 70.4 Å². The SMILES string of the molecule is Cc1cccc2c1N(C(=O)COc1ccccc1)CCCN(Cc1ccccc1)CCCN(C(=O)CN1CCN(C(C)C)CC1)C2. The number of piperazine rings is 1. The zero-order valence-electron chi connectivity index (χ0n) is 27.9. The summed E-state index contributed by atoms with van der Waals surface area (Å²) in [5, 5.41) is 0. The van der Waals surface area contributed by atoms with E-state index in [4.69, 9.17) is 4.74 Å². The highest BCUT2D eigenvalue weighted by molar-refractivity contribution is 5.96. The van der Waals surface area contributed by atoms with Gasteiger partial charge in [-0.15, -0.1) is 0 Å². The molecule has 2 amide bonds. The molecule has 1 fully saturated rings. The number of amides is 2. The van der Waals surface area contributed by atoms with E-state index < -0.39 is 0 Å². The number of anilines is 1. The van der Waals surface area contributed by atoms with Crippen LogP contribution in [0.5, 0.6) is 5.75 Å². The van der Waals surface area contributed by atoms with Crippen molar-refractivity contribution >= 4 is 17.5 Å². The summed E-state index contributed by atoms with van der Waals surface area (Å²) in [4.78, 5) is 39.1. The number of ether oxygens (including phenoxy) is 1. The van der Waals surface area contributed by atoms with Crippen LogP contribution in [-0.2, 0) is 22.7 Å². The zero-order chi connectivity index (χ0) is 32.3. The van der Waals surface area contributed by atoms with Crippen LogP contribution in [0.1, 0.15) is 43.4 Å². The van der Waals surface area contributed by atoms with E-state index in [0.717, 1.165) is 75.5 Å². The molecule has 0 bridgehead atoms. The highest BCUT2D eigenvalue weighted by Gasteiger charge is 2.27. The molecule has 0 spiro atoms. The van der Waals surface area contributed by atoms with Crippen LogP contribution >= 0.6 is 0 Å². The molecule has 0 atom stereocenters. The third-order valence-corrected chi connectivity index (χ3v) is 9.22. The number of fused-ring (bicyclic) bond motifs is 1. The van der Waals surface area contributed by atoms with E-state index in [1.54, 1.807) is 0 Å². The van der Waals surface area contributed by atoms with E-state index >= 15 is 0 Å². The molecule has 5 rings (SSSR count). The van der Waals surface area contributed by atoms with Gasteiger partial charge in [-0.3, -0.25) is 24.3 Å². The van der Waals surface area contributed by atoms with Gasteiger partial charge in [0.2, 0.25) is 5.91 Å². The van der Waals surface area contributed by atoms with Gasteiger partial charge in [0.25, 0.3) is 5.91 Å². The molecule has 8 heteroatoms. The van der Waals surface area contributed by atoms with Crippen LogP contribution in [0.25, 0.3) is 0 Å². The van der Waals surface area contributed by atoms with E-state index in [-0.39, 0.29) is 18.4 Å². The third-order valence-electron chi connectivity index (χ3n) is 9.22. The van der Waals surface area contributed by atoms with E-state index in [2.05, 4.69) is 71.9 Å². The molecule has 46 heavy (non-hydrogen) atoms. The highest BCUT2D eigenvalue weighted by atomic mass is 16.5. The molecular formula is C38H51N5O3. The van der Waals surface area contributed by atoms with Crippen LogP contribution in [0.2, 0.25) is 0 Å². The molecule has 3 aromatic carbocycles. The van der Waals surface area contributed by atoms with E-state index in [9.17, 15) is 9.59 Å². The molecule has 0 aliphatic carbocycles. The van der Waals surface area contributed by atoms with Crippen LogP contribution in [0.4, 0.5) is 5.69 Å². The number of rotatable bonds is 8. The van der Waals surface area contributed by atoms with Crippen molar-refractivity contribution in [3.05, 3.63) is 95.6 Å². The second-order valence-corrected chi connectivity index (χ2v) is 12.9. The Kier molecular flexibility index (Phi) is 12.2. The highest BCUT2D eigenvalue weighted by Crippen LogP contribution is 2.28. The minimum absolute atomic E-state index is 0.0451. The maximum absolute atomic E-state index is 14.0. The van der Waals surface area contributed by atoms with Gasteiger partial charge in [-0.25, -0.2) is 0 Å². The molecule has 1 saturated heterocycles. The van der Waals surface area contributed by atoms with Crippen LogP contribution in [-0.4, -0.2) is 103 Å². The van der Waals surface area contributed by atoms with Gasteiger partial charge < -0.3 is 14.5 Å². The van der Waals surface area contributed by atoms with Crippen molar-refractivity contribution in [2.24, 2.45) is 0 Å². The lowest BCUT2D eigenvalue weighted by molar-refractivity contribution is -0.133. The van der Waals surface area contributed by atoms with E-state index in [1.807, 2.05) is 52.3 Å². The van der Waals surface area contributed by atoms with Crippen molar-refractivity contribution in [1.82, 2.24) is 19.6 Å². The number of benzene rings is 3.